The number of aryl methyl sites for hydroxylation is 1. The lowest BCUT2D eigenvalue weighted by Crippen LogP contribution is -2.37. The van der Waals surface area contributed by atoms with Crippen LogP contribution in [0.25, 0.3) is 33.5 Å². The molecular weight excluding hydrogens is 451 g/mol. The van der Waals surface area contributed by atoms with Crippen LogP contribution in [-0.2, 0) is 16.6 Å². The summed E-state index contributed by atoms with van der Waals surface area (Å²) in [6, 6.07) is 4.45. The second kappa shape index (κ2) is 8.14. The molecule has 2 N–H and O–H groups in total. The number of rotatable bonds is 6. The predicted octanol–water partition coefficient (Wildman–Crippen LogP) is 4.04. The molecule has 1 aliphatic rings. The summed E-state index contributed by atoms with van der Waals surface area (Å²) in [7, 11) is 1.73. The van der Waals surface area contributed by atoms with Gasteiger partial charge in [0.05, 0.1) is 17.3 Å². The monoisotopic (exact) mass is 478 g/mol. The van der Waals surface area contributed by atoms with E-state index in [1.807, 2.05) is 20.8 Å². The predicted molar refractivity (Wildman–Crippen MR) is 128 cm³/mol. The maximum atomic E-state index is 13.7. The highest BCUT2D eigenvalue weighted by molar-refractivity contribution is 6.05. The SMILES string of the molecule is Cn1nc(-c2cnc3[nH]cc(C(=O)NC4(CCC(=O)OC(C)(C)C)CC4)c3n2)c2ccc(F)cc21. The fourth-order valence-electron chi connectivity index (χ4n) is 4.23. The molecule has 3 aromatic heterocycles. The van der Waals surface area contributed by atoms with Crippen LogP contribution < -0.4 is 5.32 Å². The van der Waals surface area contributed by atoms with E-state index in [2.05, 4.69) is 25.4 Å². The summed E-state index contributed by atoms with van der Waals surface area (Å²) in [5, 5.41) is 8.32. The van der Waals surface area contributed by atoms with Crippen molar-refractivity contribution in [3.63, 3.8) is 0 Å². The normalized spacial score (nSPS) is 14.9. The molecule has 10 heteroatoms. The van der Waals surface area contributed by atoms with Gasteiger partial charge in [-0.25, -0.2) is 14.4 Å². The number of ether oxygens (including phenoxy) is 1. The highest BCUT2D eigenvalue weighted by Gasteiger charge is 2.44. The number of benzene rings is 1. The molecule has 0 spiro atoms. The maximum absolute atomic E-state index is 13.7. The molecule has 4 aromatic rings. The number of aromatic amines is 1. The summed E-state index contributed by atoms with van der Waals surface area (Å²) in [6.45, 7) is 5.49. The zero-order chi connectivity index (χ0) is 25.0. The number of amides is 1. The Labute approximate surface area is 201 Å². The summed E-state index contributed by atoms with van der Waals surface area (Å²) in [6.07, 6.45) is 5.52. The number of nitrogens with one attached hydrogen (secondary N) is 2. The van der Waals surface area contributed by atoms with E-state index >= 15 is 0 Å². The minimum Gasteiger partial charge on any atom is -0.460 e. The summed E-state index contributed by atoms with van der Waals surface area (Å²) in [4.78, 5) is 37.4. The van der Waals surface area contributed by atoms with Gasteiger partial charge >= 0.3 is 5.97 Å². The highest BCUT2D eigenvalue weighted by atomic mass is 19.1. The zero-order valence-electron chi connectivity index (χ0n) is 20.1. The van der Waals surface area contributed by atoms with Gasteiger partial charge in [-0.3, -0.25) is 14.3 Å². The molecule has 9 nitrogen and oxygen atoms in total. The molecular formula is C25H27FN6O3. The standard InChI is InChI=1S/C25H27FN6O3/c1-24(2,3)35-19(33)7-8-25(9-10-25)30-23(34)16-12-27-22-21(16)29-17(13-28-22)20-15-6-5-14(26)11-18(15)32(4)31-20/h5-6,11-13H,7-10H2,1-4H3,(H,27,28)(H,30,34). The number of hydrogen-bond acceptors (Lipinski definition) is 6. The Bertz CT molecular complexity index is 1460. The highest BCUT2D eigenvalue weighted by Crippen LogP contribution is 2.40. The molecule has 1 amide bonds. The van der Waals surface area contributed by atoms with E-state index in [-0.39, 0.29) is 24.1 Å². The van der Waals surface area contributed by atoms with Gasteiger partial charge in [-0.15, -0.1) is 0 Å². The van der Waals surface area contributed by atoms with Gasteiger partial charge in [0.2, 0.25) is 0 Å². The third kappa shape index (κ3) is 4.60. The van der Waals surface area contributed by atoms with Gasteiger partial charge in [0.25, 0.3) is 5.91 Å². The molecule has 5 rings (SSSR count). The van der Waals surface area contributed by atoms with Crippen molar-refractivity contribution in [2.45, 2.75) is 57.6 Å². The van der Waals surface area contributed by atoms with Crippen LogP contribution in [0.2, 0.25) is 0 Å². The first-order valence-corrected chi connectivity index (χ1v) is 11.5. The Balaban J connectivity index is 1.38. The molecule has 1 aromatic carbocycles. The van der Waals surface area contributed by atoms with E-state index < -0.39 is 11.1 Å². The molecule has 182 valence electrons. The van der Waals surface area contributed by atoms with E-state index in [0.29, 0.717) is 40.1 Å². The summed E-state index contributed by atoms with van der Waals surface area (Å²) in [5.41, 5.74) is 1.98. The number of fused-ring (bicyclic) bond motifs is 2. The van der Waals surface area contributed by atoms with E-state index in [0.717, 1.165) is 18.2 Å². The van der Waals surface area contributed by atoms with Gasteiger partial charge in [0, 0.05) is 30.6 Å². The van der Waals surface area contributed by atoms with Gasteiger partial charge in [0.1, 0.15) is 28.3 Å². The molecule has 1 fully saturated rings. The van der Waals surface area contributed by atoms with Crippen LogP contribution >= 0.6 is 0 Å². The van der Waals surface area contributed by atoms with Crippen molar-refractivity contribution in [1.29, 1.82) is 0 Å². The number of aromatic nitrogens is 5. The zero-order valence-corrected chi connectivity index (χ0v) is 20.1. The third-order valence-corrected chi connectivity index (χ3v) is 6.14. The van der Waals surface area contributed by atoms with Gasteiger partial charge in [-0.1, -0.05) is 0 Å². The number of nitrogens with zero attached hydrogens (tertiary/aromatic N) is 4. The minimum absolute atomic E-state index is 0.239. The minimum atomic E-state index is -0.537. The summed E-state index contributed by atoms with van der Waals surface area (Å²) >= 11 is 0. The van der Waals surface area contributed by atoms with Crippen molar-refractivity contribution in [3.05, 3.63) is 42.0 Å². The van der Waals surface area contributed by atoms with Gasteiger partial charge < -0.3 is 15.0 Å². The second-order valence-electron chi connectivity index (χ2n) is 10.1. The van der Waals surface area contributed by atoms with Crippen LogP contribution in [0.1, 0.15) is 56.8 Å². The fourth-order valence-corrected chi connectivity index (χ4v) is 4.23. The van der Waals surface area contributed by atoms with Crippen LogP contribution in [0, 0.1) is 5.82 Å². The van der Waals surface area contributed by atoms with E-state index in [1.54, 1.807) is 30.2 Å². The van der Waals surface area contributed by atoms with Crippen molar-refractivity contribution in [1.82, 2.24) is 30.0 Å². The third-order valence-electron chi connectivity index (χ3n) is 6.14. The fraction of sp³-hybridized carbons (Fsp3) is 0.400. The van der Waals surface area contributed by atoms with Crippen molar-refractivity contribution in [3.8, 4) is 11.4 Å². The van der Waals surface area contributed by atoms with Crippen LogP contribution in [-0.4, -0.2) is 47.7 Å². The second-order valence-corrected chi connectivity index (χ2v) is 10.1. The first kappa shape index (κ1) is 22.9. The maximum Gasteiger partial charge on any atom is 0.306 e. The number of H-pyrrole nitrogens is 1. The average molecular weight is 479 g/mol. The lowest BCUT2D eigenvalue weighted by molar-refractivity contribution is -0.155. The van der Waals surface area contributed by atoms with Gasteiger partial charge in [-0.05, 0) is 58.2 Å². The molecule has 0 aliphatic heterocycles. The first-order chi connectivity index (χ1) is 16.5. The molecule has 0 atom stereocenters. The molecule has 0 bridgehead atoms. The number of esters is 1. The first-order valence-electron chi connectivity index (χ1n) is 11.5. The van der Waals surface area contributed by atoms with E-state index in [1.165, 1.54) is 12.1 Å². The van der Waals surface area contributed by atoms with Crippen molar-refractivity contribution in [2.75, 3.05) is 0 Å². The van der Waals surface area contributed by atoms with E-state index in [4.69, 9.17) is 4.74 Å². The van der Waals surface area contributed by atoms with Gasteiger partial charge in [-0.2, -0.15) is 5.10 Å². The molecule has 1 aliphatic carbocycles. The van der Waals surface area contributed by atoms with Crippen LogP contribution in [0.4, 0.5) is 4.39 Å². The van der Waals surface area contributed by atoms with Crippen molar-refractivity contribution >= 4 is 33.9 Å². The largest absolute Gasteiger partial charge is 0.460 e. The lowest BCUT2D eigenvalue weighted by Gasteiger charge is -2.21. The Hall–Kier alpha value is -3.82. The Morgan fingerprint density at radius 1 is 1.29 bits per heavy atom. The van der Waals surface area contributed by atoms with Crippen LogP contribution in [0.15, 0.2) is 30.6 Å². The molecule has 0 radical (unpaired) electrons. The molecule has 3 heterocycles. The lowest BCUT2D eigenvalue weighted by atomic mass is 10.1. The van der Waals surface area contributed by atoms with Crippen molar-refractivity contribution in [2.24, 2.45) is 7.05 Å². The van der Waals surface area contributed by atoms with Crippen LogP contribution in [0.5, 0.6) is 0 Å². The average Bonchev–Trinajstić information content (AvgIpc) is 3.28. The van der Waals surface area contributed by atoms with Crippen molar-refractivity contribution < 1.29 is 18.7 Å². The molecule has 35 heavy (non-hydrogen) atoms. The van der Waals surface area contributed by atoms with Gasteiger partial charge in [0.15, 0.2) is 5.65 Å². The Morgan fingerprint density at radius 2 is 2.06 bits per heavy atom. The summed E-state index contributed by atoms with van der Waals surface area (Å²) < 4.78 is 20.7. The van der Waals surface area contributed by atoms with Crippen LogP contribution in [0.3, 0.4) is 0 Å². The Morgan fingerprint density at radius 3 is 2.77 bits per heavy atom. The van der Waals surface area contributed by atoms with E-state index in [9.17, 15) is 14.0 Å². The molecule has 1 saturated carbocycles. The Kier molecular flexibility index (Phi) is 5.34. The smallest absolute Gasteiger partial charge is 0.306 e. The number of carbonyl (C=O) groups excluding carboxylic acids is 2. The topological polar surface area (TPSA) is 115 Å². The molecule has 0 saturated heterocycles. The summed E-state index contributed by atoms with van der Waals surface area (Å²) in [5.74, 6) is -0.903. The number of hydrogen-bond donors (Lipinski definition) is 2. The number of halogens is 1. The number of carbonyl (C=O) groups is 2. The molecule has 0 unspecified atom stereocenters. The quantitative estimate of drug-likeness (QED) is 0.404.